The lowest BCUT2D eigenvalue weighted by Gasteiger charge is -2.41. The number of likely N-dealkylation sites (tertiary alicyclic amines) is 2. The fourth-order valence-electron chi connectivity index (χ4n) is 5.72. The molecule has 2 saturated heterocycles. The molecule has 0 N–H and O–H groups in total. The van der Waals surface area contributed by atoms with Gasteiger partial charge in [0, 0.05) is 32.7 Å². The molecule has 33 heavy (non-hydrogen) atoms. The number of piperidine rings is 2. The third kappa shape index (κ3) is 5.36. The van der Waals surface area contributed by atoms with E-state index in [0.717, 1.165) is 52.0 Å². The van der Waals surface area contributed by atoms with E-state index in [1.165, 1.54) is 16.7 Å². The van der Waals surface area contributed by atoms with Gasteiger partial charge in [0.25, 0.3) is 0 Å². The number of hydrogen-bond donors (Lipinski definition) is 0. The van der Waals surface area contributed by atoms with Gasteiger partial charge in [0.2, 0.25) is 5.91 Å². The van der Waals surface area contributed by atoms with E-state index in [2.05, 4.69) is 101 Å². The molecule has 170 valence electrons. The molecule has 3 aromatic carbocycles. The van der Waals surface area contributed by atoms with Crippen molar-refractivity contribution in [3.63, 3.8) is 0 Å². The van der Waals surface area contributed by atoms with Gasteiger partial charge in [-0.05, 0) is 47.8 Å². The first kappa shape index (κ1) is 21.9. The van der Waals surface area contributed by atoms with Crippen LogP contribution in [0.1, 0.15) is 47.8 Å². The first-order valence-electron chi connectivity index (χ1n) is 12.4. The zero-order valence-corrected chi connectivity index (χ0v) is 19.4. The molecule has 3 nitrogen and oxygen atoms in total. The van der Waals surface area contributed by atoms with Gasteiger partial charge in [-0.3, -0.25) is 9.69 Å². The number of carbonyl (C=O) groups is 1. The molecule has 0 aliphatic carbocycles. The van der Waals surface area contributed by atoms with Crippen molar-refractivity contribution in [2.24, 2.45) is 5.92 Å². The molecule has 0 spiro atoms. The van der Waals surface area contributed by atoms with Crippen molar-refractivity contribution in [3.8, 4) is 0 Å². The van der Waals surface area contributed by atoms with Crippen LogP contribution in [0.5, 0.6) is 0 Å². The fraction of sp³-hybridized carbons (Fsp3) is 0.367. The van der Waals surface area contributed by atoms with Gasteiger partial charge in [-0.2, -0.15) is 0 Å². The van der Waals surface area contributed by atoms with Crippen LogP contribution in [0.3, 0.4) is 0 Å². The van der Waals surface area contributed by atoms with E-state index in [4.69, 9.17) is 0 Å². The minimum Gasteiger partial charge on any atom is -0.342 e. The highest BCUT2D eigenvalue weighted by Gasteiger charge is 2.35. The van der Waals surface area contributed by atoms with Gasteiger partial charge in [0.05, 0.1) is 5.92 Å². The summed E-state index contributed by atoms with van der Waals surface area (Å²) in [7, 11) is 0. The summed E-state index contributed by atoms with van der Waals surface area (Å²) < 4.78 is 0. The Morgan fingerprint density at radius 1 is 0.697 bits per heavy atom. The van der Waals surface area contributed by atoms with Crippen molar-refractivity contribution in [1.82, 2.24) is 9.80 Å². The van der Waals surface area contributed by atoms with Crippen LogP contribution in [0.15, 0.2) is 91.0 Å². The lowest BCUT2D eigenvalue weighted by molar-refractivity contribution is -0.138. The summed E-state index contributed by atoms with van der Waals surface area (Å²) in [6, 6.07) is 32.2. The Morgan fingerprint density at radius 3 is 1.85 bits per heavy atom. The maximum atomic E-state index is 13.7. The molecular weight excluding hydrogens is 404 g/mol. The second-order valence-corrected chi connectivity index (χ2v) is 9.73. The van der Waals surface area contributed by atoms with Gasteiger partial charge in [0.1, 0.15) is 0 Å². The van der Waals surface area contributed by atoms with Gasteiger partial charge < -0.3 is 4.90 Å². The molecule has 3 aromatic rings. The Kier molecular flexibility index (Phi) is 6.87. The molecule has 0 radical (unpaired) electrons. The Balaban J connectivity index is 1.27. The standard InChI is InChI=1S/C30H34N2O/c33-30(32-18-16-27(17-19-32)25-12-6-2-7-13-25)29-20-28(26-14-8-3-9-15-26)22-31(23-29)21-24-10-4-1-5-11-24/h1-15,27-29H,16-23H2/t28-,29-/m1/s1. The van der Waals surface area contributed by atoms with Crippen molar-refractivity contribution in [2.75, 3.05) is 26.2 Å². The van der Waals surface area contributed by atoms with Crippen LogP contribution in [0.2, 0.25) is 0 Å². The van der Waals surface area contributed by atoms with E-state index < -0.39 is 0 Å². The Morgan fingerprint density at radius 2 is 1.24 bits per heavy atom. The van der Waals surface area contributed by atoms with E-state index in [-0.39, 0.29) is 5.92 Å². The zero-order valence-electron chi connectivity index (χ0n) is 19.4. The van der Waals surface area contributed by atoms with Crippen LogP contribution in [-0.2, 0) is 11.3 Å². The third-order valence-corrected chi connectivity index (χ3v) is 7.47. The largest absolute Gasteiger partial charge is 0.342 e. The van der Waals surface area contributed by atoms with Gasteiger partial charge in [-0.15, -0.1) is 0 Å². The van der Waals surface area contributed by atoms with E-state index in [1.807, 2.05) is 0 Å². The highest BCUT2D eigenvalue weighted by Crippen LogP contribution is 2.34. The normalized spacial score (nSPS) is 22.2. The van der Waals surface area contributed by atoms with Gasteiger partial charge >= 0.3 is 0 Å². The quantitative estimate of drug-likeness (QED) is 0.510. The Bertz CT molecular complexity index is 1010. The molecule has 0 bridgehead atoms. The van der Waals surface area contributed by atoms with Gasteiger partial charge in [-0.1, -0.05) is 91.0 Å². The van der Waals surface area contributed by atoms with Crippen LogP contribution >= 0.6 is 0 Å². The summed E-state index contributed by atoms with van der Waals surface area (Å²) >= 11 is 0. The minimum atomic E-state index is 0.0703. The second-order valence-electron chi connectivity index (χ2n) is 9.73. The fourth-order valence-corrected chi connectivity index (χ4v) is 5.72. The summed E-state index contributed by atoms with van der Waals surface area (Å²) in [5.74, 6) is 1.41. The monoisotopic (exact) mass is 438 g/mol. The molecule has 5 rings (SSSR count). The number of rotatable bonds is 5. The molecule has 2 atom stereocenters. The average Bonchev–Trinajstić information content (AvgIpc) is 2.90. The summed E-state index contributed by atoms with van der Waals surface area (Å²) in [5.41, 5.74) is 4.09. The van der Waals surface area contributed by atoms with Crippen molar-refractivity contribution in [3.05, 3.63) is 108 Å². The van der Waals surface area contributed by atoms with Crippen LogP contribution < -0.4 is 0 Å². The third-order valence-electron chi connectivity index (χ3n) is 7.47. The average molecular weight is 439 g/mol. The van der Waals surface area contributed by atoms with Crippen LogP contribution in [0.25, 0.3) is 0 Å². The van der Waals surface area contributed by atoms with Crippen molar-refractivity contribution >= 4 is 5.91 Å². The van der Waals surface area contributed by atoms with Crippen LogP contribution in [-0.4, -0.2) is 41.9 Å². The second kappa shape index (κ2) is 10.4. The molecule has 1 amide bonds. The first-order chi connectivity index (χ1) is 16.3. The molecule has 2 aliphatic rings. The van der Waals surface area contributed by atoms with E-state index in [9.17, 15) is 4.79 Å². The molecule has 3 heteroatoms. The summed E-state index contributed by atoms with van der Waals surface area (Å²) in [6.45, 7) is 4.53. The van der Waals surface area contributed by atoms with Crippen molar-refractivity contribution in [1.29, 1.82) is 0 Å². The molecule has 0 unspecified atom stereocenters. The Hall–Kier alpha value is -2.91. The zero-order chi connectivity index (χ0) is 22.5. The van der Waals surface area contributed by atoms with Gasteiger partial charge in [0.15, 0.2) is 0 Å². The van der Waals surface area contributed by atoms with Crippen LogP contribution in [0, 0.1) is 5.92 Å². The topological polar surface area (TPSA) is 23.6 Å². The smallest absolute Gasteiger partial charge is 0.226 e. The van der Waals surface area contributed by atoms with E-state index in [1.54, 1.807) is 0 Å². The molecule has 0 aromatic heterocycles. The highest BCUT2D eigenvalue weighted by molar-refractivity contribution is 5.79. The van der Waals surface area contributed by atoms with E-state index >= 15 is 0 Å². The summed E-state index contributed by atoms with van der Waals surface area (Å²) in [5, 5.41) is 0. The van der Waals surface area contributed by atoms with Crippen molar-refractivity contribution < 1.29 is 4.79 Å². The minimum absolute atomic E-state index is 0.0703. The highest BCUT2D eigenvalue weighted by atomic mass is 16.2. The Labute approximate surface area is 198 Å². The van der Waals surface area contributed by atoms with E-state index in [0.29, 0.717) is 17.7 Å². The molecule has 0 saturated carbocycles. The molecular formula is C30H34N2O. The maximum Gasteiger partial charge on any atom is 0.226 e. The molecule has 2 heterocycles. The lowest BCUT2D eigenvalue weighted by atomic mass is 9.83. The first-order valence-corrected chi connectivity index (χ1v) is 12.4. The SMILES string of the molecule is O=C([C@@H]1C[C@@H](c2ccccc2)CN(Cc2ccccc2)C1)N1CCC(c2ccccc2)CC1. The maximum absolute atomic E-state index is 13.7. The number of amides is 1. The molecule has 2 aliphatic heterocycles. The van der Waals surface area contributed by atoms with Gasteiger partial charge in [-0.25, -0.2) is 0 Å². The summed E-state index contributed by atoms with van der Waals surface area (Å²) in [4.78, 5) is 18.3. The van der Waals surface area contributed by atoms with Crippen molar-refractivity contribution in [2.45, 2.75) is 37.6 Å². The number of carbonyl (C=O) groups excluding carboxylic acids is 1. The summed E-state index contributed by atoms with van der Waals surface area (Å²) in [6.07, 6.45) is 3.09. The lowest BCUT2D eigenvalue weighted by Crippen LogP contribution is -2.48. The number of nitrogens with zero attached hydrogens (tertiary/aromatic N) is 2. The van der Waals surface area contributed by atoms with Crippen LogP contribution in [0.4, 0.5) is 0 Å². The predicted molar refractivity (Wildman–Crippen MR) is 134 cm³/mol. The predicted octanol–water partition coefficient (Wildman–Crippen LogP) is 5.70. The molecule has 2 fully saturated rings. The number of hydrogen-bond acceptors (Lipinski definition) is 2. The number of benzene rings is 3.